The molecule has 0 saturated carbocycles. The number of carbonyl (C=O) groups excluding carboxylic acids is 1. The zero-order valence-corrected chi connectivity index (χ0v) is 17.5. The molecule has 3 rings (SSSR count). The molecule has 5 nitrogen and oxygen atoms in total. The summed E-state index contributed by atoms with van der Waals surface area (Å²) in [6, 6.07) is 9.18. The summed E-state index contributed by atoms with van der Waals surface area (Å²) in [6.07, 6.45) is 0.745. The SMILES string of the molecule is COc1ccc(Cl)c2sc(N(CCCN(C)C)C(=O)c3cccc(F)c3)nc12. The Bertz CT molecular complexity index is 993. The third-order valence-corrected chi connectivity index (χ3v) is 5.74. The summed E-state index contributed by atoms with van der Waals surface area (Å²) < 4.78 is 19.8. The van der Waals surface area contributed by atoms with Gasteiger partial charge in [-0.3, -0.25) is 9.69 Å². The molecule has 148 valence electrons. The molecule has 0 N–H and O–H groups in total. The maximum absolute atomic E-state index is 13.6. The first-order valence-electron chi connectivity index (χ1n) is 8.76. The summed E-state index contributed by atoms with van der Waals surface area (Å²) in [5.74, 6) is -0.158. The van der Waals surface area contributed by atoms with E-state index in [2.05, 4.69) is 4.98 Å². The van der Waals surface area contributed by atoms with Crippen molar-refractivity contribution >= 4 is 44.2 Å². The van der Waals surface area contributed by atoms with Crippen molar-refractivity contribution in [2.24, 2.45) is 0 Å². The molecule has 0 atom stereocenters. The van der Waals surface area contributed by atoms with Gasteiger partial charge in [0.05, 0.1) is 16.8 Å². The largest absolute Gasteiger partial charge is 0.494 e. The van der Waals surface area contributed by atoms with Gasteiger partial charge in [-0.15, -0.1) is 0 Å². The number of carbonyl (C=O) groups is 1. The first-order chi connectivity index (χ1) is 13.4. The predicted molar refractivity (Wildman–Crippen MR) is 112 cm³/mol. The van der Waals surface area contributed by atoms with Gasteiger partial charge in [-0.25, -0.2) is 9.37 Å². The van der Waals surface area contributed by atoms with Crippen LogP contribution in [0.2, 0.25) is 5.02 Å². The highest BCUT2D eigenvalue weighted by Crippen LogP contribution is 2.39. The van der Waals surface area contributed by atoms with Crippen molar-refractivity contribution < 1.29 is 13.9 Å². The van der Waals surface area contributed by atoms with E-state index < -0.39 is 5.82 Å². The third kappa shape index (κ3) is 4.43. The van der Waals surface area contributed by atoms with Gasteiger partial charge in [-0.1, -0.05) is 29.0 Å². The number of thiazole rings is 1. The van der Waals surface area contributed by atoms with Crippen molar-refractivity contribution in [1.82, 2.24) is 9.88 Å². The Morgan fingerprint density at radius 2 is 2.04 bits per heavy atom. The summed E-state index contributed by atoms with van der Waals surface area (Å²) in [6.45, 7) is 1.26. The van der Waals surface area contributed by atoms with Gasteiger partial charge < -0.3 is 9.64 Å². The van der Waals surface area contributed by atoms with Crippen molar-refractivity contribution in [3.05, 3.63) is 52.8 Å². The average molecular weight is 422 g/mol. The Hall–Kier alpha value is -2.22. The quantitative estimate of drug-likeness (QED) is 0.555. The van der Waals surface area contributed by atoms with Crippen LogP contribution >= 0.6 is 22.9 Å². The molecule has 1 aromatic heterocycles. The smallest absolute Gasteiger partial charge is 0.260 e. The van der Waals surface area contributed by atoms with Crippen LogP contribution in [0.15, 0.2) is 36.4 Å². The molecule has 0 bridgehead atoms. The first kappa shape index (κ1) is 20.5. The highest BCUT2D eigenvalue weighted by Gasteiger charge is 2.23. The van der Waals surface area contributed by atoms with Gasteiger partial charge in [-0.05, 0) is 57.4 Å². The highest BCUT2D eigenvalue weighted by molar-refractivity contribution is 7.23. The van der Waals surface area contributed by atoms with Crippen molar-refractivity contribution in [3.8, 4) is 5.75 Å². The first-order valence-corrected chi connectivity index (χ1v) is 9.95. The number of amides is 1. The van der Waals surface area contributed by atoms with Crippen LogP contribution in [0.1, 0.15) is 16.8 Å². The van der Waals surface area contributed by atoms with Crippen LogP contribution in [-0.2, 0) is 0 Å². The Morgan fingerprint density at radius 3 is 2.71 bits per heavy atom. The van der Waals surface area contributed by atoms with Crippen LogP contribution in [-0.4, -0.2) is 50.1 Å². The zero-order valence-electron chi connectivity index (χ0n) is 15.9. The predicted octanol–water partition coefficient (Wildman–Crippen LogP) is 4.70. The lowest BCUT2D eigenvalue weighted by Gasteiger charge is -2.21. The summed E-state index contributed by atoms with van der Waals surface area (Å²) in [4.78, 5) is 21.4. The molecule has 3 aromatic rings. The Labute approximate surface area is 172 Å². The van der Waals surface area contributed by atoms with Crippen molar-refractivity contribution in [2.45, 2.75) is 6.42 Å². The second-order valence-corrected chi connectivity index (χ2v) is 7.93. The number of halogens is 2. The monoisotopic (exact) mass is 421 g/mol. The minimum Gasteiger partial charge on any atom is -0.494 e. The molecular weight excluding hydrogens is 401 g/mol. The zero-order chi connectivity index (χ0) is 20.3. The number of hydrogen-bond donors (Lipinski definition) is 0. The van der Waals surface area contributed by atoms with E-state index in [1.165, 1.54) is 29.5 Å². The number of hydrogen-bond acceptors (Lipinski definition) is 5. The third-order valence-electron chi connectivity index (χ3n) is 4.20. The van der Waals surface area contributed by atoms with Crippen molar-refractivity contribution in [3.63, 3.8) is 0 Å². The number of rotatable bonds is 7. The average Bonchev–Trinajstić information content (AvgIpc) is 3.11. The number of nitrogens with zero attached hydrogens (tertiary/aromatic N) is 3. The molecule has 0 unspecified atom stereocenters. The van der Waals surface area contributed by atoms with Gasteiger partial charge in [0.15, 0.2) is 5.13 Å². The summed E-state index contributed by atoms with van der Waals surface area (Å²) >= 11 is 7.64. The lowest BCUT2D eigenvalue weighted by Crippen LogP contribution is -2.33. The van der Waals surface area contributed by atoms with E-state index in [4.69, 9.17) is 16.3 Å². The lowest BCUT2D eigenvalue weighted by molar-refractivity contribution is 0.0985. The minimum absolute atomic E-state index is 0.280. The van der Waals surface area contributed by atoms with E-state index in [1.807, 2.05) is 19.0 Å². The lowest BCUT2D eigenvalue weighted by atomic mass is 10.2. The maximum atomic E-state index is 13.6. The number of aromatic nitrogens is 1. The molecule has 0 radical (unpaired) electrons. The molecule has 0 aliphatic carbocycles. The molecule has 8 heteroatoms. The van der Waals surface area contributed by atoms with E-state index in [9.17, 15) is 9.18 Å². The Balaban J connectivity index is 2.02. The second-order valence-electron chi connectivity index (χ2n) is 6.55. The van der Waals surface area contributed by atoms with Gasteiger partial charge in [0, 0.05) is 12.1 Å². The summed E-state index contributed by atoms with van der Waals surface area (Å²) in [5.41, 5.74) is 0.891. The summed E-state index contributed by atoms with van der Waals surface area (Å²) in [7, 11) is 5.51. The van der Waals surface area contributed by atoms with Gasteiger partial charge in [0.2, 0.25) is 0 Å². The highest BCUT2D eigenvalue weighted by atomic mass is 35.5. The summed E-state index contributed by atoms with van der Waals surface area (Å²) in [5, 5.41) is 1.06. The molecule has 0 spiro atoms. The number of anilines is 1. The van der Waals surface area contributed by atoms with E-state index in [0.29, 0.717) is 28.0 Å². The van der Waals surface area contributed by atoms with Gasteiger partial charge in [0.1, 0.15) is 17.1 Å². The van der Waals surface area contributed by atoms with Gasteiger partial charge >= 0.3 is 0 Å². The van der Waals surface area contributed by atoms with Gasteiger partial charge in [0.25, 0.3) is 5.91 Å². The molecule has 1 heterocycles. The molecule has 0 aliphatic heterocycles. The molecule has 0 aliphatic rings. The molecule has 0 saturated heterocycles. The van der Waals surface area contributed by atoms with E-state index in [1.54, 1.807) is 30.2 Å². The molecular formula is C20H21ClFN3O2S. The van der Waals surface area contributed by atoms with Crippen LogP contribution in [0, 0.1) is 5.82 Å². The second kappa shape index (κ2) is 8.86. The van der Waals surface area contributed by atoms with Crippen LogP contribution < -0.4 is 9.64 Å². The fourth-order valence-corrected chi connectivity index (χ4v) is 4.11. The molecule has 2 aromatic carbocycles. The number of methoxy groups -OCH3 is 1. The van der Waals surface area contributed by atoms with Gasteiger partial charge in [-0.2, -0.15) is 0 Å². The fourth-order valence-electron chi connectivity index (χ4n) is 2.83. The van der Waals surface area contributed by atoms with Crippen LogP contribution in [0.3, 0.4) is 0 Å². The number of fused-ring (bicyclic) bond motifs is 1. The van der Waals surface area contributed by atoms with E-state index >= 15 is 0 Å². The Morgan fingerprint density at radius 1 is 1.25 bits per heavy atom. The van der Waals surface area contributed by atoms with Crippen LogP contribution in [0.4, 0.5) is 9.52 Å². The molecule has 28 heavy (non-hydrogen) atoms. The minimum atomic E-state index is -0.451. The molecule has 0 fully saturated rings. The standard InChI is InChI=1S/C20H21ClFN3O2S/c1-24(2)10-5-11-25(19(26)13-6-4-7-14(22)12-13)20-23-17-16(27-3)9-8-15(21)18(17)28-20/h4,6-9,12H,5,10-11H2,1-3H3. The maximum Gasteiger partial charge on any atom is 0.260 e. The molecule has 1 amide bonds. The Kier molecular flexibility index (Phi) is 6.49. The van der Waals surface area contributed by atoms with E-state index in [0.717, 1.165) is 17.7 Å². The van der Waals surface area contributed by atoms with Crippen LogP contribution in [0.25, 0.3) is 10.2 Å². The van der Waals surface area contributed by atoms with Crippen molar-refractivity contribution in [2.75, 3.05) is 39.2 Å². The normalized spacial score (nSPS) is 11.2. The topological polar surface area (TPSA) is 45.7 Å². The van der Waals surface area contributed by atoms with Crippen molar-refractivity contribution in [1.29, 1.82) is 0 Å². The fraction of sp³-hybridized carbons (Fsp3) is 0.300. The number of ether oxygens (including phenoxy) is 1. The van der Waals surface area contributed by atoms with E-state index in [-0.39, 0.29) is 11.5 Å². The number of benzene rings is 2. The van der Waals surface area contributed by atoms with Crippen LogP contribution in [0.5, 0.6) is 5.75 Å².